The number of unbranched alkanes of at least 4 members (excludes halogenated alkanes) is 1. The molecule has 0 saturated carbocycles. The predicted octanol–water partition coefficient (Wildman–Crippen LogP) is 2.07. The van der Waals surface area contributed by atoms with Gasteiger partial charge in [0.05, 0.1) is 0 Å². The van der Waals surface area contributed by atoms with Gasteiger partial charge in [0, 0.05) is 22.2 Å². The maximum atomic E-state index is 11.6. The summed E-state index contributed by atoms with van der Waals surface area (Å²) in [6.45, 7) is 0.506. The second-order valence-electron chi connectivity index (χ2n) is 3.81. The van der Waals surface area contributed by atoms with E-state index in [2.05, 4.69) is 33.2 Å². The number of nitrogens with one attached hydrogen (secondary N) is 2. The van der Waals surface area contributed by atoms with Gasteiger partial charge >= 0.3 is 6.03 Å². The molecule has 0 spiro atoms. The lowest BCUT2D eigenvalue weighted by atomic mass is 10.2. The van der Waals surface area contributed by atoms with E-state index in [1.54, 1.807) is 0 Å². The summed E-state index contributed by atoms with van der Waals surface area (Å²) in [4.78, 5) is 22.0. The van der Waals surface area contributed by atoms with Crippen molar-refractivity contribution in [1.82, 2.24) is 5.32 Å². The fourth-order valence-corrected chi connectivity index (χ4v) is 1.95. The first kappa shape index (κ1) is 14.7. The van der Waals surface area contributed by atoms with E-state index in [1.165, 1.54) is 0 Å². The van der Waals surface area contributed by atoms with Crippen LogP contribution in [0.3, 0.4) is 0 Å². The van der Waals surface area contributed by atoms with E-state index >= 15 is 0 Å². The molecule has 18 heavy (non-hydrogen) atoms. The zero-order chi connectivity index (χ0) is 13.4. The highest BCUT2D eigenvalue weighted by Gasteiger charge is 2.02. The number of primary amides is 1. The minimum Gasteiger partial charge on any atom is -0.352 e. The molecule has 1 aromatic carbocycles. The van der Waals surface area contributed by atoms with E-state index in [0.29, 0.717) is 13.0 Å². The monoisotopic (exact) mass is 361 g/mol. The third-order valence-corrected chi connectivity index (χ3v) is 2.91. The summed E-state index contributed by atoms with van der Waals surface area (Å²) in [5, 5.41) is 5.31. The number of carbonyl (C=O) groups is 2. The fraction of sp³-hybridized carbons (Fsp3) is 0.333. The second kappa shape index (κ2) is 7.91. The van der Waals surface area contributed by atoms with Crippen LogP contribution in [0.2, 0.25) is 0 Å². The average Bonchev–Trinajstić information content (AvgIpc) is 2.28. The fourth-order valence-electron chi connectivity index (χ4n) is 1.41. The maximum absolute atomic E-state index is 11.6. The SMILES string of the molecule is NC(=O)NCCCCC(=O)Nc1cccc(I)c1. The van der Waals surface area contributed by atoms with Gasteiger partial charge in [-0.3, -0.25) is 4.79 Å². The number of amides is 3. The lowest BCUT2D eigenvalue weighted by molar-refractivity contribution is -0.116. The van der Waals surface area contributed by atoms with Crippen molar-refractivity contribution in [3.8, 4) is 0 Å². The lowest BCUT2D eigenvalue weighted by Crippen LogP contribution is -2.30. The average molecular weight is 361 g/mol. The van der Waals surface area contributed by atoms with Crippen molar-refractivity contribution in [2.75, 3.05) is 11.9 Å². The molecule has 0 fully saturated rings. The highest BCUT2D eigenvalue weighted by Crippen LogP contribution is 2.12. The van der Waals surface area contributed by atoms with E-state index in [-0.39, 0.29) is 5.91 Å². The van der Waals surface area contributed by atoms with Crippen molar-refractivity contribution in [1.29, 1.82) is 0 Å². The third-order valence-electron chi connectivity index (χ3n) is 2.24. The first-order valence-corrected chi connectivity index (χ1v) is 6.74. The predicted molar refractivity (Wildman–Crippen MR) is 79.2 cm³/mol. The zero-order valence-electron chi connectivity index (χ0n) is 9.91. The van der Waals surface area contributed by atoms with Crippen molar-refractivity contribution in [3.63, 3.8) is 0 Å². The number of rotatable bonds is 6. The molecule has 6 heteroatoms. The van der Waals surface area contributed by atoms with Gasteiger partial charge < -0.3 is 16.4 Å². The van der Waals surface area contributed by atoms with E-state index in [0.717, 1.165) is 22.1 Å². The van der Waals surface area contributed by atoms with Crippen molar-refractivity contribution < 1.29 is 9.59 Å². The molecular weight excluding hydrogens is 345 g/mol. The van der Waals surface area contributed by atoms with Gasteiger partial charge in [-0.15, -0.1) is 0 Å². The largest absolute Gasteiger partial charge is 0.352 e. The molecule has 98 valence electrons. The number of halogens is 1. The quantitative estimate of drug-likeness (QED) is 0.535. The number of hydrogen-bond acceptors (Lipinski definition) is 2. The molecule has 0 heterocycles. The first-order valence-electron chi connectivity index (χ1n) is 5.66. The number of benzene rings is 1. The number of urea groups is 1. The van der Waals surface area contributed by atoms with Crippen molar-refractivity contribution in [2.45, 2.75) is 19.3 Å². The number of carbonyl (C=O) groups excluding carboxylic acids is 2. The van der Waals surface area contributed by atoms with Crippen LogP contribution in [0.5, 0.6) is 0 Å². The van der Waals surface area contributed by atoms with Crippen molar-refractivity contribution >= 4 is 40.2 Å². The van der Waals surface area contributed by atoms with E-state index in [9.17, 15) is 9.59 Å². The molecule has 1 rings (SSSR count). The van der Waals surface area contributed by atoms with Crippen LogP contribution in [0.25, 0.3) is 0 Å². The normalized spacial score (nSPS) is 9.83. The number of anilines is 1. The van der Waals surface area contributed by atoms with Gasteiger partial charge in [-0.2, -0.15) is 0 Å². The maximum Gasteiger partial charge on any atom is 0.312 e. The van der Waals surface area contributed by atoms with Crippen molar-refractivity contribution in [2.24, 2.45) is 5.73 Å². The highest BCUT2D eigenvalue weighted by atomic mass is 127. The minimum atomic E-state index is -0.529. The van der Waals surface area contributed by atoms with Gasteiger partial charge in [0.2, 0.25) is 5.91 Å². The smallest absolute Gasteiger partial charge is 0.312 e. The molecule has 0 aliphatic rings. The third kappa shape index (κ3) is 6.43. The topological polar surface area (TPSA) is 84.2 Å². The van der Waals surface area contributed by atoms with Gasteiger partial charge in [0.1, 0.15) is 0 Å². The molecule has 0 saturated heterocycles. The zero-order valence-corrected chi connectivity index (χ0v) is 12.1. The molecule has 0 radical (unpaired) electrons. The van der Waals surface area contributed by atoms with Crippen LogP contribution in [0.15, 0.2) is 24.3 Å². The molecule has 0 aliphatic carbocycles. The molecule has 4 N–H and O–H groups in total. The van der Waals surface area contributed by atoms with Gasteiger partial charge in [0.15, 0.2) is 0 Å². The summed E-state index contributed by atoms with van der Waals surface area (Å²) in [5.74, 6) is -0.0175. The van der Waals surface area contributed by atoms with Crippen LogP contribution in [-0.2, 0) is 4.79 Å². The Labute approximate surface area is 120 Å². The Kier molecular flexibility index (Phi) is 6.48. The molecular formula is C12H16IN3O2. The molecule has 0 unspecified atom stereocenters. The summed E-state index contributed by atoms with van der Waals surface area (Å²) in [5.41, 5.74) is 5.73. The molecule has 0 aliphatic heterocycles. The van der Waals surface area contributed by atoms with E-state index < -0.39 is 6.03 Å². The summed E-state index contributed by atoms with van der Waals surface area (Å²) in [7, 11) is 0. The molecule has 0 atom stereocenters. The standard InChI is InChI=1S/C12H16IN3O2/c13-9-4-3-5-10(8-9)16-11(17)6-1-2-7-15-12(14)18/h3-5,8H,1-2,6-7H2,(H,16,17)(H3,14,15,18). The van der Waals surface area contributed by atoms with Gasteiger partial charge in [-0.05, 0) is 53.6 Å². The minimum absolute atomic E-state index is 0.0175. The Morgan fingerprint density at radius 2 is 2.06 bits per heavy atom. The van der Waals surface area contributed by atoms with E-state index in [4.69, 9.17) is 5.73 Å². The van der Waals surface area contributed by atoms with E-state index in [1.807, 2.05) is 24.3 Å². The van der Waals surface area contributed by atoms with Crippen LogP contribution >= 0.6 is 22.6 Å². The summed E-state index contributed by atoms with van der Waals surface area (Å²) < 4.78 is 1.08. The Morgan fingerprint density at radius 3 is 2.72 bits per heavy atom. The molecule has 1 aromatic rings. The van der Waals surface area contributed by atoms with Crippen LogP contribution in [-0.4, -0.2) is 18.5 Å². The van der Waals surface area contributed by atoms with Crippen LogP contribution < -0.4 is 16.4 Å². The Bertz CT molecular complexity index is 424. The molecule has 5 nitrogen and oxygen atoms in total. The number of nitrogens with two attached hydrogens (primary N) is 1. The summed E-state index contributed by atoms with van der Waals surface area (Å²) in [6.07, 6.45) is 1.89. The second-order valence-corrected chi connectivity index (χ2v) is 5.05. The number of hydrogen-bond donors (Lipinski definition) is 3. The van der Waals surface area contributed by atoms with Crippen molar-refractivity contribution in [3.05, 3.63) is 27.8 Å². The molecule has 0 aromatic heterocycles. The van der Waals surface area contributed by atoms with Crippen LogP contribution in [0.4, 0.5) is 10.5 Å². The molecule has 0 bridgehead atoms. The van der Waals surface area contributed by atoms with Gasteiger partial charge in [-0.25, -0.2) is 4.79 Å². The lowest BCUT2D eigenvalue weighted by Gasteiger charge is -2.05. The Morgan fingerprint density at radius 1 is 1.28 bits per heavy atom. The Balaban J connectivity index is 2.20. The first-order chi connectivity index (χ1) is 8.58. The summed E-state index contributed by atoms with van der Waals surface area (Å²) >= 11 is 2.19. The molecule has 3 amide bonds. The van der Waals surface area contributed by atoms with Gasteiger partial charge in [0.25, 0.3) is 0 Å². The highest BCUT2D eigenvalue weighted by molar-refractivity contribution is 14.1. The Hall–Kier alpha value is -1.31. The van der Waals surface area contributed by atoms with Crippen LogP contribution in [0, 0.1) is 3.57 Å². The van der Waals surface area contributed by atoms with Gasteiger partial charge in [-0.1, -0.05) is 6.07 Å². The summed E-state index contributed by atoms with van der Waals surface area (Å²) in [6, 6.07) is 7.10. The van der Waals surface area contributed by atoms with Crippen LogP contribution in [0.1, 0.15) is 19.3 Å².